The summed E-state index contributed by atoms with van der Waals surface area (Å²) in [5.41, 5.74) is -1.32. The Labute approximate surface area is 134 Å². The molecule has 0 spiro atoms. The number of halogens is 1. The first-order chi connectivity index (χ1) is 10.8. The van der Waals surface area contributed by atoms with Crippen molar-refractivity contribution in [2.24, 2.45) is 0 Å². The van der Waals surface area contributed by atoms with Crippen LogP contribution in [0.2, 0.25) is 0 Å². The molecule has 0 aliphatic carbocycles. The van der Waals surface area contributed by atoms with Gasteiger partial charge in [0.05, 0.1) is 6.61 Å². The van der Waals surface area contributed by atoms with Gasteiger partial charge < -0.3 is 19.5 Å². The van der Waals surface area contributed by atoms with Crippen LogP contribution in [0.3, 0.4) is 0 Å². The quantitative estimate of drug-likeness (QED) is 0.581. The summed E-state index contributed by atoms with van der Waals surface area (Å²) in [6.07, 6.45) is -0.963. The predicted octanol–water partition coefficient (Wildman–Crippen LogP) is 1.68. The maximum Gasteiger partial charge on any atom is 0.350 e. The van der Waals surface area contributed by atoms with Gasteiger partial charge in [0.25, 0.3) is 5.91 Å². The summed E-state index contributed by atoms with van der Waals surface area (Å²) in [6.45, 7) is 5.18. The third-order valence-electron chi connectivity index (χ3n) is 2.94. The maximum atomic E-state index is 12.9. The molecule has 0 aliphatic rings. The number of hydrogen-bond acceptors (Lipinski definition) is 5. The van der Waals surface area contributed by atoms with E-state index in [0.29, 0.717) is 18.9 Å². The van der Waals surface area contributed by atoms with Crippen LogP contribution < -0.4 is 10.1 Å². The number of ether oxygens (including phenoxy) is 3. The molecule has 1 rings (SSSR count). The summed E-state index contributed by atoms with van der Waals surface area (Å²) in [6, 6.07) is 5.27. The zero-order chi connectivity index (χ0) is 17.5. The van der Waals surface area contributed by atoms with Gasteiger partial charge in [-0.25, -0.2) is 9.18 Å². The van der Waals surface area contributed by atoms with Crippen LogP contribution in [-0.4, -0.2) is 43.8 Å². The Morgan fingerprint density at radius 2 is 1.87 bits per heavy atom. The second-order valence-corrected chi connectivity index (χ2v) is 5.40. The van der Waals surface area contributed by atoms with Gasteiger partial charge in [-0.1, -0.05) is 0 Å². The molecule has 128 valence electrons. The van der Waals surface area contributed by atoms with Crippen LogP contribution in [-0.2, 0) is 19.1 Å². The molecule has 23 heavy (non-hydrogen) atoms. The first kappa shape index (κ1) is 18.9. The third kappa shape index (κ3) is 6.23. The largest absolute Gasteiger partial charge is 0.476 e. The molecule has 0 saturated heterocycles. The van der Waals surface area contributed by atoms with E-state index in [9.17, 15) is 14.0 Å². The Morgan fingerprint density at radius 3 is 2.43 bits per heavy atom. The van der Waals surface area contributed by atoms with Gasteiger partial charge in [-0.3, -0.25) is 4.79 Å². The molecule has 6 nitrogen and oxygen atoms in total. The van der Waals surface area contributed by atoms with E-state index in [1.54, 1.807) is 0 Å². The van der Waals surface area contributed by atoms with Crippen LogP contribution in [0, 0.1) is 5.82 Å². The summed E-state index contributed by atoms with van der Waals surface area (Å²) in [5, 5.41) is 2.57. The Morgan fingerprint density at radius 1 is 1.26 bits per heavy atom. The molecule has 0 fully saturated rings. The standard InChI is InChI=1S/C16H22FNO5/c1-11(14(19)18-9-10-21-4)22-15(20)16(2,3)23-13-7-5-12(17)6-8-13/h5-8,11H,9-10H2,1-4H3,(H,18,19)/t11-/m0/s1. The maximum absolute atomic E-state index is 12.9. The highest BCUT2D eigenvalue weighted by Crippen LogP contribution is 2.20. The van der Waals surface area contributed by atoms with Crippen molar-refractivity contribution in [2.45, 2.75) is 32.5 Å². The first-order valence-corrected chi connectivity index (χ1v) is 7.18. The van der Waals surface area contributed by atoms with E-state index < -0.39 is 29.4 Å². The van der Waals surface area contributed by atoms with Gasteiger partial charge in [0, 0.05) is 13.7 Å². The topological polar surface area (TPSA) is 73.9 Å². The Balaban J connectivity index is 2.56. The van der Waals surface area contributed by atoms with Gasteiger partial charge in [0.1, 0.15) is 11.6 Å². The number of carbonyl (C=O) groups excluding carboxylic acids is 2. The fraction of sp³-hybridized carbons (Fsp3) is 0.500. The van der Waals surface area contributed by atoms with Crippen molar-refractivity contribution >= 4 is 11.9 Å². The molecule has 1 amide bonds. The van der Waals surface area contributed by atoms with Gasteiger partial charge in [0.2, 0.25) is 0 Å². The molecule has 1 N–H and O–H groups in total. The van der Waals surface area contributed by atoms with Gasteiger partial charge in [-0.2, -0.15) is 0 Å². The summed E-state index contributed by atoms with van der Waals surface area (Å²) in [4.78, 5) is 23.9. The van der Waals surface area contributed by atoms with Crippen LogP contribution in [0.5, 0.6) is 5.75 Å². The fourth-order valence-corrected chi connectivity index (χ4v) is 1.61. The molecule has 0 bridgehead atoms. The minimum Gasteiger partial charge on any atom is -0.476 e. The molecule has 0 aromatic heterocycles. The lowest BCUT2D eigenvalue weighted by molar-refractivity contribution is -0.167. The predicted molar refractivity (Wildman–Crippen MR) is 81.5 cm³/mol. The molecule has 0 radical (unpaired) electrons. The van der Waals surface area contributed by atoms with Crippen molar-refractivity contribution in [3.8, 4) is 5.75 Å². The highest BCUT2D eigenvalue weighted by atomic mass is 19.1. The van der Waals surface area contributed by atoms with E-state index in [4.69, 9.17) is 14.2 Å². The van der Waals surface area contributed by atoms with Crippen molar-refractivity contribution in [3.63, 3.8) is 0 Å². The van der Waals surface area contributed by atoms with E-state index in [-0.39, 0.29) is 0 Å². The van der Waals surface area contributed by atoms with E-state index in [1.807, 2.05) is 0 Å². The molecule has 7 heteroatoms. The van der Waals surface area contributed by atoms with Crippen LogP contribution in [0.4, 0.5) is 4.39 Å². The monoisotopic (exact) mass is 327 g/mol. The van der Waals surface area contributed by atoms with Gasteiger partial charge in [0.15, 0.2) is 11.7 Å². The molecular formula is C16H22FNO5. The average molecular weight is 327 g/mol. The zero-order valence-electron chi connectivity index (χ0n) is 13.7. The van der Waals surface area contributed by atoms with Crippen molar-refractivity contribution in [1.29, 1.82) is 0 Å². The highest BCUT2D eigenvalue weighted by molar-refractivity contribution is 5.85. The van der Waals surface area contributed by atoms with Crippen LogP contribution >= 0.6 is 0 Å². The normalized spacial score (nSPS) is 12.4. The zero-order valence-corrected chi connectivity index (χ0v) is 13.7. The number of nitrogens with one attached hydrogen (secondary N) is 1. The van der Waals surface area contributed by atoms with Gasteiger partial charge >= 0.3 is 5.97 Å². The van der Waals surface area contributed by atoms with Crippen LogP contribution in [0.25, 0.3) is 0 Å². The van der Waals surface area contributed by atoms with Crippen molar-refractivity contribution in [3.05, 3.63) is 30.1 Å². The summed E-state index contributed by atoms with van der Waals surface area (Å²) < 4.78 is 28.3. The smallest absolute Gasteiger partial charge is 0.350 e. The van der Waals surface area contributed by atoms with Crippen LogP contribution in [0.15, 0.2) is 24.3 Å². The molecule has 0 heterocycles. The lowest BCUT2D eigenvalue weighted by Crippen LogP contribution is -2.45. The lowest BCUT2D eigenvalue weighted by Gasteiger charge is -2.26. The Hall–Kier alpha value is -2.15. The minimum atomic E-state index is -1.32. The van der Waals surface area contributed by atoms with Crippen molar-refractivity contribution < 1.29 is 28.2 Å². The lowest BCUT2D eigenvalue weighted by atomic mass is 10.1. The first-order valence-electron chi connectivity index (χ1n) is 7.18. The van der Waals surface area contributed by atoms with E-state index >= 15 is 0 Å². The van der Waals surface area contributed by atoms with Gasteiger partial charge in [-0.05, 0) is 45.0 Å². The molecule has 0 unspecified atom stereocenters. The SMILES string of the molecule is COCCNC(=O)[C@H](C)OC(=O)C(C)(C)Oc1ccc(F)cc1. The number of methoxy groups -OCH3 is 1. The van der Waals surface area contributed by atoms with E-state index in [0.717, 1.165) is 0 Å². The Kier molecular flexibility index (Phi) is 6.96. The number of carbonyl (C=O) groups is 2. The molecule has 1 aromatic carbocycles. The molecule has 1 atom stereocenters. The fourth-order valence-electron chi connectivity index (χ4n) is 1.61. The number of hydrogen-bond donors (Lipinski definition) is 1. The van der Waals surface area contributed by atoms with Gasteiger partial charge in [-0.15, -0.1) is 0 Å². The average Bonchev–Trinajstić information content (AvgIpc) is 2.49. The molecule has 0 aliphatic heterocycles. The summed E-state index contributed by atoms with van der Waals surface area (Å²) in [7, 11) is 1.52. The molecule has 0 saturated carbocycles. The number of amides is 1. The molecular weight excluding hydrogens is 305 g/mol. The third-order valence-corrected chi connectivity index (χ3v) is 2.94. The molecule has 1 aromatic rings. The second kappa shape index (κ2) is 8.47. The summed E-state index contributed by atoms with van der Waals surface area (Å²) in [5.74, 6) is -1.20. The Bertz CT molecular complexity index is 530. The number of benzene rings is 1. The highest BCUT2D eigenvalue weighted by Gasteiger charge is 2.34. The van der Waals surface area contributed by atoms with Crippen molar-refractivity contribution in [2.75, 3.05) is 20.3 Å². The second-order valence-electron chi connectivity index (χ2n) is 5.40. The van der Waals surface area contributed by atoms with E-state index in [1.165, 1.54) is 52.1 Å². The number of rotatable bonds is 8. The van der Waals surface area contributed by atoms with Crippen LogP contribution in [0.1, 0.15) is 20.8 Å². The van der Waals surface area contributed by atoms with Crippen molar-refractivity contribution in [1.82, 2.24) is 5.32 Å². The minimum absolute atomic E-state index is 0.325. The van der Waals surface area contributed by atoms with E-state index in [2.05, 4.69) is 5.32 Å². The summed E-state index contributed by atoms with van der Waals surface area (Å²) >= 11 is 0. The number of esters is 1.